The summed E-state index contributed by atoms with van der Waals surface area (Å²) in [7, 11) is 4.22. The van der Waals surface area contributed by atoms with Gasteiger partial charge in [-0.3, -0.25) is 4.79 Å². The quantitative estimate of drug-likeness (QED) is 0.0732. The monoisotopic (exact) mass is 483 g/mol. The topological polar surface area (TPSA) is 48.0 Å². The molecule has 0 N–H and O–H groups in total. The summed E-state index contributed by atoms with van der Waals surface area (Å²) in [6, 6.07) is 0.351. The Labute approximate surface area is 212 Å². The molecule has 0 saturated heterocycles. The number of ether oxygens (including phenoxy) is 3. The number of hydrogen-bond donors (Lipinski definition) is 0. The lowest BCUT2D eigenvalue weighted by atomic mass is 10.1. The molecule has 0 spiro atoms. The normalized spacial score (nSPS) is 12.6. The summed E-state index contributed by atoms with van der Waals surface area (Å²) in [5.41, 5.74) is 0. The van der Waals surface area contributed by atoms with Gasteiger partial charge in [-0.15, -0.1) is 0 Å². The number of esters is 1. The molecule has 1 unspecified atom stereocenters. The van der Waals surface area contributed by atoms with Crippen molar-refractivity contribution in [2.45, 2.75) is 123 Å². The van der Waals surface area contributed by atoms with Crippen molar-refractivity contribution in [1.29, 1.82) is 0 Å². The molecule has 0 aliphatic carbocycles. The van der Waals surface area contributed by atoms with Crippen LogP contribution in [-0.2, 0) is 19.0 Å². The third kappa shape index (κ3) is 24.2. The van der Waals surface area contributed by atoms with Crippen molar-refractivity contribution in [2.75, 3.05) is 47.1 Å². The molecule has 0 aromatic rings. The molecule has 5 nitrogen and oxygen atoms in total. The van der Waals surface area contributed by atoms with E-state index in [1.54, 1.807) is 0 Å². The highest BCUT2D eigenvalue weighted by molar-refractivity contribution is 5.69. The Morgan fingerprint density at radius 2 is 1.21 bits per heavy atom. The van der Waals surface area contributed by atoms with E-state index in [0.29, 0.717) is 19.1 Å². The van der Waals surface area contributed by atoms with Gasteiger partial charge in [-0.25, -0.2) is 0 Å². The maximum absolute atomic E-state index is 11.3. The first-order valence-electron chi connectivity index (χ1n) is 14.2. The van der Waals surface area contributed by atoms with Crippen LogP contribution in [0.3, 0.4) is 0 Å². The van der Waals surface area contributed by atoms with Crippen molar-refractivity contribution in [2.24, 2.45) is 0 Å². The molecule has 0 aromatic carbocycles. The Bertz CT molecular complexity index is 453. The van der Waals surface area contributed by atoms with Gasteiger partial charge in [0.25, 0.3) is 0 Å². The summed E-state index contributed by atoms with van der Waals surface area (Å²) in [4.78, 5) is 13.5. The predicted octanol–water partition coefficient (Wildman–Crippen LogP) is 7.33. The molecule has 0 radical (unpaired) electrons. The van der Waals surface area contributed by atoms with Crippen molar-refractivity contribution in [3.63, 3.8) is 0 Å². The standard InChI is InChI=1S/C29H57NO4/c1-5-7-8-21-24-32-26-28(30(3)4)27-33-25-22-19-17-15-13-11-9-10-12-14-16-18-20-23-29(31)34-6-2/h10,12,28H,5-9,11,13-27H2,1-4H3. The Balaban J connectivity index is 3.40. The zero-order chi connectivity index (χ0) is 25.1. The van der Waals surface area contributed by atoms with E-state index in [1.165, 1.54) is 70.6 Å². The van der Waals surface area contributed by atoms with Crippen LogP contribution < -0.4 is 0 Å². The van der Waals surface area contributed by atoms with Gasteiger partial charge in [-0.2, -0.15) is 0 Å². The lowest BCUT2D eigenvalue weighted by molar-refractivity contribution is -0.143. The maximum atomic E-state index is 11.3. The second-order valence-corrected chi connectivity index (χ2v) is 9.61. The molecule has 0 aliphatic heterocycles. The number of unbranched alkanes of at least 4 members (excludes halogenated alkanes) is 12. The molecule has 0 heterocycles. The molecule has 0 aliphatic rings. The van der Waals surface area contributed by atoms with Gasteiger partial charge in [0.15, 0.2) is 0 Å². The van der Waals surface area contributed by atoms with E-state index in [0.717, 1.165) is 52.1 Å². The number of likely N-dealkylation sites (N-methyl/N-ethyl adjacent to an activating group) is 1. The van der Waals surface area contributed by atoms with Crippen LogP contribution in [0.15, 0.2) is 12.2 Å². The van der Waals surface area contributed by atoms with Crippen molar-refractivity contribution in [3.8, 4) is 0 Å². The van der Waals surface area contributed by atoms with Gasteiger partial charge < -0.3 is 19.1 Å². The molecule has 1 atom stereocenters. The number of nitrogens with zero attached hydrogens (tertiary/aromatic N) is 1. The number of carbonyl (C=O) groups is 1. The second-order valence-electron chi connectivity index (χ2n) is 9.61. The highest BCUT2D eigenvalue weighted by atomic mass is 16.5. The van der Waals surface area contributed by atoms with E-state index in [-0.39, 0.29) is 5.97 Å². The van der Waals surface area contributed by atoms with Crippen LogP contribution in [0.25, 0.3) is 0 Å². The highest BCUT2D eigenvalue weighted by Gasteiger charge is 2.11. The fourth-order valence-electron chi connectivity index (χ4n) is 3.77. The molecule has 0 saturated carbocycles. The fraction of sp³-hybridized carbons (Fsp3) is 0.897. The fourth-order valence-corrected chi connectivity index (χ4v) is 3.77. The smallest absolute Gasteiger partial charge is 0.305 e. The van der Waals surface area contributed by atoms with Gasteiger partial charge in [0, 0.05) is 19.6 Å². The third-order valence-electron chi connectivity index (χ3n) is 6.13. The molecule has 0 aromatic heterocycles. The van der Waals surface area contributed by atoms with Gasteiger partial charge in [0.1, 0.15) is 0 Å². The zero-order valence-corrected chi connectivity index (χ0v) is 23.2. The average molecular weight is 484 g/mol. The van der Waals surface area contributed by atoms with Gasteiger partial charge in [-0.1, -0.05) is 70.4 Å². The molecule has 0 bridgehead atoms. The molecule has 0 fully saturated rings. The van der Waals surface area contributed by atoms with Crippen LogP contribution in [0.5, 0.6) is 0 Å². The first-order chi connectivity index (χ1) is 16.6. The first kappa shape index (κ1) is 33.1. The molecule has 34 heavy (non-hydrogen) atoms. The summed E-state index contributed by atoms with van der Waals surface area (Å²) in [6.45, 7) is 7.85. The maximum Gasteiger partial charge on any atom is 0.305 e. The van der Waals surface area contributed by atoms with Crippen LogP contribution in [-0.4, -0.2) is 64.0 Å². The van der Waals surface area contributed by atoms with E-state index < -0.39 is 0 Å². The molecular formula is C29H57NO4. The number of carbonyl (C=O) groups excluding carboxylic acids is 1. The Kier molecular flexibility index (Phi) is 26.0. The largest absolute Gasteiger partial charge is 0.466 e. The van der Waals surface area contributed by atoms with Crippen LogP contribution >= 0.6 is 0 Å². The Morgan fingerprint density at radius 3 is 1.74 bits per heavy atom. The van der Waals surface area contributed by atoms with E-state index in [9.17, 15) is 4.79 Å². The Morgan fingerprint density at radius 1 is 0.706 bits per heavy atom. The summed E-state index contributed by atoms with van der Waals surface area (Å²) < 4.78 is 16.7. The van der Waals surface area contributed by atoms with E-state index in [1.807, 2.05) is 6.92 Å². The number of allylic oxidation sites excluding steroid dienone is 2. The van der Waals surface area contributed by atoms with Crippen molar-refractivity contribution in [3.05, 3.63) is 12.2 Å². The molecule has 0 rings (SSSR count). The van der Waals surface area contributed by atoms with Gasteiger partial charge >= 0.3 is 5.97 Å². The minimum atomic E-state index is -0.0579. The SMILES string of the molecule is CCCCCCOCC(COCCCCCCCCC=CCCCCCC(=O)OCC)N(C)C. The molecule has 202 valence electrons. The summed E-state index contributed by atoms with van der Waals surface area (Å²) in [5.74, 6) is -0.0579. The lowest BCUT2D eigenvalue weighted by Gasteiger charge is -2.24. The predicted molar refractivity (Wildman–Crippen MR) is 144 cm³/mol. The van der Waals surface area contributed by atoms with Crippen molar-refractivity contribution < 1.29 is 19.0 Å². The van der Waals surface area contributed by atoms with E-state index in [2.05, 4.69) is 38.1 Å². The second kappa shape index (κ2) is 26.7. The molecule has 0 amide bonds. The Hall–Kier alpha value is -0.910. The van der Waals surface area contributed by atoms with Crippen molar-refractivity contribution >= 4 is 5.97 Å². The van der Waals surface area contributed by atoms with Crippen LogP contribution in [0.2, 0.25) is 0 Å². The van der Waals surface area contributed by atoms with Gasteiger partial charge in [0.05, 0.1) is 25.9 Å². The third-order valence-corrected chi connectivity index (χ3v) is 6.13. The van der Waals surface area contributed by atoms with E-state index in [4.69, 9.17) is 14.2 Å². The van der Waals surface area contributed by atoms with Crippen LogP contribution in [0.4, 0.5) is 0 Å². The first-order valence-corrected chi connectivity index (χ1v) is 14.2. The minimum Gasteiger partial charge on any atom is -0.466 e. The highest BCUT2D eigenvalue weighted by Crippen LogP contribution is 2.10. The van der Waals surface area contributed by atoms with Crippen LogP contribution in [0.1, 0.15) is 117 Å². The van der Waals surface area contributed by atoms with E-state index >= 15 is 0 Å². The number of rotatable bonds is 26. The lowest BCUT2D eigenvalue weighted by Crippen LogP contribution is -2.37. The average Bonchev–Trinajstić information content (AvgIpc) is 2.81. The summed E-state index contributed by atoms with van der Waals surface area (Å²) in [6.07, 6.45) is 23.4. The van der Waals surface area contributed by atoms with Gasteiger partial charge in [0.2, 0.25) is 0 Å². The van der Waals surface area contributed by atoms with Crippen LogP contribution in [0, 0.1) is 0 Å². The van der Waals surface area contributed by atoms with Gasteiger partial charge in [-0.05, 0) is 66.0 Å². The molecular weight excluding hydrogens is 426 g/mol. The van der Waals surface area contributed by atoms with Crippen molar-refractivity contribution in [1.82, 2.24) is 4.90 Å². The molecule has 5 heteroatoms. The number of hydrogen-bond acceptors (Lipinski definition) is 5. The summed E-state index contributed by atoms with van der Waals surface area (Å²) in [5, 5.41) is 0. The summed E-state index contributed by atoms with van der Waals surface area (Å²) >= 11 is 0. The zero-order valence-electron chi connectivity index (χ0n) is 23.2. The minimum absolute atomic E-state index is 0.0579.